The highest BCUT2D eigenvalue weighted by Gasteiger charge is 2.26. The van der Waals surface area contributed by atoms with Gasteiger partial charge in [0.25, 0.3) is 0 Å². The predicted octanol–water partition coefficient (Wildman–Crippen LogP) is 3.21. The van der Waals surface area contributed by atoms with E-state index in [1.165, 1.54) is 24.4 Å². The molecule has 7 nitrogen and oxygen atoms in total. The Morgan fingerprint density at radius 1 is 1.00 bits per heavy atom. The van der Waals surface area contributed by atoms with E-state index in [1.54, 1.807) is 33.7 Å². The van der Waals surface area contributed by atoms with Crippen LogP contribution in [0.25, 0.3) is 10.9 Å². The van der Waals surface area contributed by atoms with Crippen molar-refractivity contribution in [3.8, 4) is 0 Å². The Hall–Kier alpha value is -3.20. The molecule has 0 atom stereocenters. The van der Waals surface area contributed by atoms with Crippen molar-refractivity contribution in [2.75, 3.05) is 24.2 Å². The van der Waals surface area contributed by atoms with Crippen molar-refractivity contribution in [1.29, 1.82) is 0 Å². The molecule has 9 heteroatoms. The van der Waals surface area contributed by atoms with E-state index in [-0.39, 0.29) is 23.0 Å². The van der Waals surface area contributed by atoms with Crippen molar-refractivity contribution in [2.45, 2.75) is 30.7 Å². The molecule has 2 heterocycles. The van der Waals surface area contributed by atoms with E-state index < -0.39 is 27.3 Å². The minimum atomic E-state index is -4.01. The first kappa shape index (κ1) is 22.0. The van der Waals surface area contributed by atoms with E-state index in [1.807, 2.05) is 0 Å². The molecule has 0 spiro atoms. The fourth-order valence-electron chi connectivity index (χ4n) is 3.99. The van der Waals surface area contributed by atoms with E-state index in [0.29, 0.717) is 24.0 Å². The van der Waals surface area contributed by atoms with E-state index in [4.69, 9.17) is 0 Å². The highest BCUT2D eigenvalue weighted by Crippen LogP contribution is 2.27. The van der Waals surface area contributed by atoms with Crippen LogP contribution in [-0.2, 0) is 26.0 Å². The molecule has 32 heavy (non-hydrogen) atoms. The van der Waals surface area contributed by atoms with Gasteiger partial charge in [0.1, 0.15) is 18.1 Å². The first-order valence-electron chi connectivity index (χ1n) is 10.5. The summed E-state index contributed by atoms with van der Waals surface area (Å²) in [7, 11) is -4.01. The molecular formula is C23H24FN3O4S. The molecule has 1 N–H and O–H groups in total. The number of likely N-dealkylation sites (tertiary alicyclic amines) is 1. The van der Waals surface area contributed by atoms with Crippen LogP contribution in [0, 0.1) is 5.82 Å². The van der Waals surface area contributed by atoms with Crippen molar-refractivity contribution in [2.24, 2.45) is 0 Å². The lowest BCUT2D eigenvalue weighted by atomic mass is 10.1. The number of carbonyl (C=O) groups excluding carboxylic acids is 2. The first-order chi connectivity index (χ1) is 15.3. The second kappa shape index (κ2) is 9.12. The van der Waals surface area contributed by atoms with Gasteiger partial charge in [0, 0.05) is 35.9 Å². The van der Waals surface area contributed by atoms with Crippen LogP contribution in [0.3, 0.4) is 0 Å². The lowest BCUT2D eigenvalue weighted by molar-refractivity contribution is -0.132. The Bertz CT molecular complexity index is 1260. The maximum Gasteiger partial charge on any atom is 0.242 e. The highest BCUT2D eigenvalue weighted by atomic mass is 32.2. The number of nitrogens with zero attached hydrogens (tertiary/aromatic N) is 2. The molecule has 2 amide bonds. The van der Waals surface area contributed by atoms with Crippen LogP contribution in [-0.4, -0.2) is 48.5 Å². The normalized spacial score (nSPS) is 14.5. The number of hydrogen-bond donors (Lipinski definition) is 1. The molecule has 0 saturated carbocycles. The van der Waals surface area contributed by atoms with Gasteiger partial charge in [-0.3, -0.25) is 9.59 Å². The Kier molecular flexibility index (Phi) is 6.27. The molecule has 1 saturated heterocycles. The van der Waals surface area contributed by atoms with E-state index in [0.717, 1.165) is 25.3 Å². The zero-order valence-corrected chi connectivity index (χ0v) is 18.3. The molecule has 1 fully saturated rings. The molecule has 0 unspecified atom stereocenters. The molecule has 1 aliphatic rings. The fraction of sp³-hybridized carbons (Fsp3) is 0.304. The fourth-order valence-corrected chi connectivity index (χ4v) is 5.36. The summed E-state index contributed by atoms with van der Waals surface area (Å²) in [5.74, 6) is -2.15. The van der Waals surface area contributed by atoms with Gasteiger partial charge in [-0.25, -0.2) is 12.8 Å². The average Bonchev–Trinajstić information content (AvgIpc) is 3.13. The molecule has 4 rings (SSSR count). The summed E-state index contributed by atoms with van der Waals surface area (Å²) in [6, 6.07) is 12.1. The number of piperidine rings is 1. The van der Waals surface area contributed by atoms with Gasteiger partial charge >= 0.3 is 0 Å². The number of rotatable bonds is 6. The Morgan fingerprint density at radius 3 is 2.50 bits per heavy atom. The third-order valence-corrected chi connectivity index (χ3v) is 7.17. The smallest absolute Gasteiger partial charge is 0.242 e. The monoisotopic (exact) mass is 457 g/mol. The molecule has 0 aliphatic carbocycles. The predicted molar refractivity (Wildman–Crippen MR) is 119 cm³/mol. The zero-order valence-electron chi connectivity index (χ0n) is 17.5. The van der Waals surface area contributed by atoms with Crippen LogP contribution in [0.5, 0.6) is 0 Å². The Morgan fingerprint density at radius 2 is 1.75 bits per heavy atom. The first-order valence-corrected chi connectivity index (χ1v) is 12.1. The summed E-state index contributed by atoms with van der Waals surface area (Å²) in [5.41, 5.74) is 0.793. The van der Waals surface area contributed by atoms with Gasteiger partial charge < -0.3 is 14.8 Å². The van der Waals surface area contributed by atoms with Crippen molar-refractivity contribution < 1.29 is 22.4 Å². The summed E-state index contributed by atoms with van der Waals surface area (Å²) in [4.78, 5) is 26.9. The van der Waals surface area contributed by atoms with Gasteiger partial charge in [0.15, 0.2) is 9.84 Å². The zero-order chi connectivity index (χ0) is 22.7. The number of anilines is 1. The topological polar surface area (TPSA) is 88.5 Å². The SMILES string of the molecule is O=C(CS(=O)(=O)c1cn(CC(=O)N2CCCCC2)c2ccccc12)Nc1cccc(F)c1. The van der Waals surface area contributed by atoms with Crippen LogP contribution >= 0.6 is 0 Å². The maximum atomic E-state index is 13.3. The summed E-state index contributed by atoms with van der Waals surface area (Å²) in [6.07, 6.45) is 4.48. The van der Waals surface area contributed by atoms with Gasteiger partial charge in [0.05, 0.1) is 4.90 Å². The molecule has 0 bridgehead atoms. The van der Waals surface area contributed by atoms with E-state index in [2.05, 4.69) is 5.32 Å². The standard InChI is InChI=1S/C23H24FN3O4S/c24-17-7-6-8-18(13-17)25-22(28)16-32(30,31)21-14-27(20-10-3-2-9-19(20)21)15-23(29)26-11-4-1-5-12-26/h2-3,6-10,13-14H,1,4-5,11-12,15-16H2,(H,25,28). The van der Waals surface area contributed by atoms with Crippen LogP contribution in [0.1, 0.15) is 19.3 Å². The maximum absolute atomic E-state index is 13.3. The summed E-state index contributed by atoms with van der Waals surface area (Å²) < 4.78 is 41.1. The number of amides is 2. The van der Waals surface area contributed by atoms with Crippen molar-refractivity contribution in [1.82, 2.24) is 9.47 Å². The number of halogens is 1. The van der Waals surface area contributed by atoms with Gasteiger partial charge in [-0.1, -0.05) is 24.3 Å². The van der Waals surface area contributed by atoms with Crippen LogP contribution in [0.2, 0.25) is 0 Å². The van der Waals surface area contributed by atoms with Gasteiger partial charge in [-0.2, -0.15) is 0 Å². The number of para-hydroxylation sites is 1. The Labute approximate surface area is 185 Å². The second-order valence-corrected chi connectivity index (χ2v) is 9.86. The quantitative estimate of drug-likeness (QED) is 0.616. The molecule has 3 aromatic rings. The summed E-state index contributed by atoms with van der Waals surface area (Å²) in [6.45, 7) is 1.46. The van der Waals surface area contributed by atoms with Crippen LogP contribution in [0.15, 0.2) is 59.6 Å². The van der Waals surface area contributed by atoms with Crippen molar-refractivity contribution >= 4 is 38.2 Å². The third kappa shape index (κ3) is 4.83. The van der Waals surface area contributed by atoms with Crippen molar-refractivity contribution in [3.63, 3.8) is 0 Å². The number of hydrogen-bond acceptors (Lipinski definition) is 4. The number of sulfone groups is 1. The highest BCUT2D eigenvalue weighted by molar-refractivity contribution is 7.92. The number of benzene rings is 2. The molecule has 2 aromatic carbocycles. The minimum absolute atomic E-state index is 0.00561. The molecule has 168 valence electrons. The lowest BCUT2D eigenvalue weighted by Crippen LogP contribution is -2.37. The number of fused-ring (bicyclic) bond motifs is 1. The second-order valence-electron chi connectivity index (χ2n) is 7.90. The number of aromatic nitrogens is 1. The van der Waals surface area contributed by atoms with Crippen molar-refractivity contribution in [3.05, 3.63) is 60.5 Å². The molecular weight excluding hydrogens is 433 g/mol. The lowest BCUT2D eigenvalue weighted by Gasteiger charge is -2.27. The van der Waals surface area contributed by atoms with E-state index in [9.17, 15) is 22.4 Å². The average molecular weight is 458 g/mol. The molecule has 0 radical (unpaired) electrons. The van der Waals surface area contributed by atoms with Gasteiger partial charge in [0.2, 0.25) is 11.8 Å². The third-order valence-electron chi connectivity index (χ3n) is 5.53. The summed E-state index contributed by atoms with van der Waals surface area (Å²) in [5, 5.41) is 2.87. The molecule has 1 aliphatic heterocycles. The summed E-state index contributed by atoms with van der Waals surface area (Å²) >= 11 is 0. The minimum Gasteiger partial charge on any atom is -0.341 e. The number of carbonyl (C=O) groups is 2. The van der Waals surface area contributed by atoms with Crippen LogP contribution < -0.4 is 5.32 Å². The van der Waals surface area contributed by atoms with E-state index >= 15 is 0 Å². The molecule has 1 aromatic heterocycles. The van der Waals surface area contributed by atoms with Gasteiger partial charge in [-0.15, -0.1) is 0 Å². The van der Waals surface area contributed by atoms with Gasteiger partial charge in [-0.05, 0) is 43.5 Å². The largest absolute Gasteiger partial charge is 0.341 e. The van der Waals surface area contributed by atoms with Crippen LogP contribution in [0.4, 0.5) is 10.1 Å². The number of nitrogens with one attached hydrogen (secondary N) is 1. The Balaban J connectivity index is 1.57.